The minimum atomic E-state index is -4.28. The highest BCUT2D eigenvalue weighted by molar-refractivity contribution is 7.94. The molecule has 166 valence electrons. The van der Waals surface area contributed by atoms with Crippen LogP contribution in [0.4, 0.5) is 13.2 Å². The molecule has 0 aliphatic rings. The van der Waals surface area contributed by atoms with Crippen LogP contribution in [-0.4, -0.2) is 21.7 Å². The molecule has 0 saturated heterocycles. The number of alkyl halides is 3. The molecule has 1 aromatic heterocycles. The van der Waals surface area contributed by atoms with Crippen LogP contribution in [0.1, 0.15) is 26.3 Å². The van der Waals surface area contributed by atoms with E-state index in [-0.39, 0.29) is 0 Å². The molecule has 5 nitrogen and oxygen atoms in total. The van der Waals surface area contributed by atoms with Crippen molar-refractivity contribution in [2.45, 2.75) is 39.0 Å². The number of para-hydroxylation sites is 1. The van der Waals surface area contributed by atoms with Gasteiger partial charge in [-0.3, -0.25) is 0 Å². The Hall–Kier alpha value is -2.49. The predicted octanol–water partition coefficient (Wildman–Crippen LogP) is 6.33. The summed E-state index contributed by atoms with van der Waals surface area (Å²) in [5, 5.41) is 4.63. The molecule has 1 heterocycles. The summed E-state index contributed by atoms with van der Waals surface area (Å²) in [6, 6.07) is 18.9. The average molecular weight is 452 g/mol. The Kier molecular flexibility index (Phi) is 7.30. The molecule has 1 N–H and O–H groups in total. The normalized spacial score (nSPS) is 12.2. The van der Waals surface area contributed by atoms with Crippen LogP contribution in [0.25, 0.3) is 11.3 Å². The van der Waals surface area contributed by atoms with E-state index in [0.717, 1.165) is 22.6 Å². The minimum Gasteiger partial charge on any atom is -0.439 e. The standard InChI is InChI=1S/C22H24F3N3O2S/c1-4-28-20(29-18-11-6-5-7-12-18)14-19(26-28)16-9-8-10-17(13-16)21(2,3)27-30-31-15-22(23,24)25/h5-14,27H,4,15H2,1-3H3. The highest BCUT2D eigenvalue weighted by Gasteiger charge is 2.29. The van der Waals surface area contributed by atoms with E-state index in [0.29, 0.717) is 24.5 Å². The maximum absolute atomic E-state index is 12.3. The van der Waals surface area contributed by atoms with Crippen molar-refractivity contribution in [2.24, 2.45) is 0 Å². The van der Waals surface area contributed by atoms with Crippen LogP contribution < -0.4 is 10.2 Å². The Balaban J connectivity index is 1.76. The van der Waals surface area contributed by atoms with Gasteiger partial charge in [0.1, 0.15) is 11.5 Å². The summed E-state index contributed by atoms with van der Waals surface area (Å²) in [6.07, 6.45) is -4.28. The number of nitrogens with zero attached hydrogens (tertiary/aromatic N) is 2. The van der Waals surface area contributed by atoms with Crippen LogP contribution in [-0.2, 0) is 16.4 Å². The maximum atomic E-state index is 12.3. The number of benzene rings is 2. The van der Waals surface area contributed by atoms with Crippen molar-refractivity contribution in [1.82, 2.24) is 15.3 Å². The molecular formula is C22H24F3N3O2S. The van der Waals surface area contributed by atoms with E-state index in [1.165, 1.54) is 0 Å². The topological polar surface area (TPSA) is 48.3 Å². The van der Waals surface area contributed by atoms with Gasteiger partial charge in [-0.15, -0.1) is 0 Å². The van der Waals surface area contributed by atoms with Gasteiger partial charge in [-0.2, -0.15) is 23.8 Å². The number of nitrogens with one attached hydrogen (secondary N) is 1. The summed E-state index contributed by atoms with van der Waals surface area (Å²) >= 11 is 0.323. The largest absolute Gasteiger partial charge is 0.439 e. The smallest absolute Gasteiger partial charge is 0.400 e. The third kappa shape index (κ3) is 6.49. The van der Waals surface area contributed by atoms with Crippen LogP contribution in [0.2, 0.25) is 0 Å². The molecule has 0 spiro atoms. The summed E-state index contributed by atoms with van der Waals surface area (Å²) in [5.41, 5.74) is 4.42. The van der Waals surface area contributed by atoms with Gasteiger partial charge in [0, 0.05) is 30.2 Å². The van der Waals surface area contributed by atoms with Crippen molar-refractivity contribution >= 4 is 12.0 Å². The lowest BCUT2D eigenvalue weighted by Gasteiger charge is -2.26. The van der Waals surface area contributed by atoms with Crippen molar-refractivity contribution in [3.05, 3.63) is 66.2 Å². The molecular weight excluding hydrogens is 427 g/mol. The second-order valence-electron chi connectivity index (χ2n) is 7.37. The highest BCUT2D eigenvalue weighted by Crippen LogP contribution is 2.30. The first-order valence-corrected chi connectivity index (χ1v) is 10.6. The van der Waals surface area contributed by atoms with Crippen LogP contribution >= 0.6 is 12.0 Å². The molecule has 0 bridgehead atoms. The highest BCUT2D eigenvalue weighted by atomic mass is 32.2. The summed E-state index contributed by atoms with van der Waals surface area (Å²) in [6.45, 7) is 6.27. The van der Waals surface area contributed by atoms with Gasteiger partial charge in [0.05, 0.1) is 11.2 Å². The van der Waals surface area contributed by atoms with E-state index in [1.807, 2.05) is 81.4 Å². The molecule has 0 fully saturated rings. The van der Waals surface area contributed by atoms with E-state index in [9.17, 15) is 13.2 Å². The molecule has 0 unspecified atom stereocenters. The second kappa shape index (κ2) is 9.76. The number of aromatic nitrogens is 2. The van der Waals surface area contributed by atoms with Gasteiger partial charge >= 0.3 is 6.18 Å². The number of hydroxylamine groups is 1. The average Bonchev–Trinajstić information content (AvgIpc) is 3.14. The minimum absolute atomic E-state index is 0.323. The van der Waals surface area contributed by atoms with Gasteiger partial charge in [0.2, 0.25) is 5.88 Å². The van der Waals surface area contributed by atoms with Crippen LogP contribution in [0.5, 0.6) is 11.6 Å². The van der Waals surface area contributed by atoms with E-state index < -0.39 is 17.5 Å². The summed E-state index contributed by atoms with van der Waals surface area (Å²) < 4.78 is 49.6. The summed E-state index contributed by atoms with van der Waals surface area (Å²) in [5.74, 6) is 0.254. The van der Waals surface area contributed by atoms with Crippen LogP contribution in [0, 0.1) is 0 Å². The zero-order valence-electron chi connectivity index (χ0n) is 17.4. The molecule has 0 aliphatic heterocycles. The van der Waals surface area contributed by atoms with Crippen LogP contribution in [0.15, 0.2) is 60.7 Å². The first-order valence-electron chi connectivity index (χ1n) is 9.72. The van der Waals surface area contributed by atoms with Crippen molar-refractivity contribution in [2.75, 3.05) is 5.75 Å². The molecule has 0 aliphatic carbocycles. The number of rotatable bonds is 9. The van der Waals surface area contributed by atoms with Gasteiger partial charge in [0.15, 0.2) is 0 Å². The molecule has 0 saturated carbocycles. The van der Waals surface area contributed by atoms with Crippen molar-refractivity contribution in [1.29, 1.82) is 0 Å². The molecule has 31 heavy (non-hydrogen) atoms. The zero-order chi connectivity index (χ0) is 22.5. The van der Waals surface area contributed by atoms with E-state index in [4.69, 9.17) is 9.02 Å². The lowest BCUT2D eigenvalue weighted by atomic mass is 9.93. The molecule has 3 aromatic rings. The number of halogens is 3. The van der Waals surface area contributed by atoms with E-state index in [1.54, 1.807) is 4.68 Å². The first kappa shape index (κ1) is 23.2. The third-order valence-corrected chi connectivity index (χ3v) is 5.11. The second-order valence-corrected chi connectivity index (χ2v) is 8.06. The number of hydrogen-bond donors (Lipinski definition) is 1. The van der Waals surface area contributed by atoms with Crippen LogP contribution in [0.3, 0.4) is 0 Å². The molecule has 0 amide bonds. The fraction of sp³-hybridized carbons (Fsp3) is 0.318. The van der Waals surface area contributed by atoms with Gasteiger partial charge < -0.3 is 4.74 Å². The zero-order valence-corrected chi connectivity index (χ0v) is 18.3. The van der Waals surface area contributed by atoms with Crippen molar-refractivity contribution in [3.63, 3.8) is 0 Å². The molecule has 3 rings (SSSR count). The molecule has 0 radical (unpaired) electrons. The Morgan fingerprint density at radius 3 is 2.45 bits per heavy atom. The number of aryl methyl sites for hydroxylation is 1. The monoisotopic (exact) mass is 451 g/mol. The van der Waals surface area contributed by atoms with Crippen molar-refractivity contribution in [3.8, 4) is 22.9 Å². The van der Waals surface area contributed by atoms with Gasteiger partial charge in [-0.25, -0.2) is 8.97 Å². The molecule has 9 heteroatoms. The van der Waals surface area contributed by atoms with E-state index >= 15 is 0 Å². The summed E-state index contributed by atoms with van der Waals surface area (Å²) in [7, 11) is 0. The fourth-order valence-electron chi connectivity index (χ4n) is 2.81. The van der Waals surface area contributed by atoms with Gasteiger partial charge in [-0.05, 0) is 44.5 Å². The number of ether oxygens (including phenoxy) is 1. The maximum Gasteiger partial charge on any atom is 0.400 e. The van der Waals surface area contributed by atoms with Gasteiger partial charge in [-0.1, -0.05) is 36.4 Å². The molecule has 2 aromatic carbocycles. The Morgan fingerprint density at radius 1 is 1.03 bits per heavy atom. The molecule has 0 atom stereocenters. The lowest BCUT2D eigenvalue weighted by molar-refractivity contribution is -0.106. The Bertz CT molecular complexity index is 991. The predicted molar refractivity (Wildman–Crippen MR) is 116 cm³/mol. The Morgan fingerprint density at radius 2 is 1.77 bits per heavy atom. The van der Waals surface area contributed by atoms with Crippen molar-refractivity contribution < 1.29 is 22.2 Å². The Labute approximate surface area is 183 Å². The van der Waals surface area contributed by atoms with Gasteiger partial charge in [0.25, 0.3) is 0 Å². The first-order chi connectivity index (χ1) is 14.7. The quantitative estimate of drug-likeness (QED) is 0.234. The SMILES string of the molecule is CCn1nc(-c2cccc(C(C)(C)NOSCC(F)(F)F)c2)cc1Oc1ccccc1. The third-order valence-electron chi connectivity index (χ3n) is 4.47. The number of hydrogen-bond acceptors (Lipinski definition) is 5. The summed E-state index contributed by atoms with van der Waals surface area (Å²) in [4.78, 5) is 0. The fourth-order valence-corrected chi connectivity index (χ4v) is 3.27. The van der Waals surface area contributed by atoms with E-state index in [2.05, 4.69) is 10.6 Å². The lowest BCUT2D eigenvalue weighted by Crippen LogP contribution is -2.35.